The highest BCUT2D eigenvalue weighted by atomic mass is 16.6. The van der Waals surface area contributed by atoms with Crippen LogP contribution < -0.4 is 10.3 Å². The highest BCUT2D eigenvalue weighted by Gasteiger charge is 2.16. The van der Waals surface area contributed by atoms with Crippen LogP contribution >= 0.6 is 0 Å². The Morgan fingerprint density at radius 1 is 1.43 bits per heavy atom. The maximum atomic E-state index is 12.5. The average molecular weight is 291 g/mol. The van der Waals surface area contributed by atoms with Crippen LogP contribution in [0.2, 0.25) is 0 Å². The van der Waals surface area contributed by atoms with Gasteiger partial charge in [-0.2, -0.15) is 4.98 Å². The lowest BCUT2D eigenvalue weighted by molar-refractivity contribution is -0.384. The summed E-state index contributed by atoms with van der Waals surface area (Å²) in [6.07, 6.45) is 0.779. The molecule has 0 spiro atoms. The Kier molecular flexibility index (Phi) is 4.21. The fourth-order valence-electron chi connectivity index (χ4n) is 2.03. The second kappa shape index (κ2) is 5.90. The van der Waals surface area contributed by atoms with Crippen molar-refractivity contribution in [2.45, 2.75) is 33.2 Å². The van der Waals surface area contributed by atoms with Gasteiger partial charge in [0.15, 0.2) is 0 Å². The van der Waals surface area contributed by atoms with Crippen molar-refractivity contribution in [1.29, 1.82) is 0 Å². The van der Waals surface area contributed by atoms with Gasteiger partial charge >= 0.3 is 0 Å². The molecule has 2 rings (SSSR count). The Balaban J connectivity index is 2.71. The largest absolute Gasteiger partial charge is 0.465 e. The van der Waals surface area contributed by atoms with Crippen LogP contribution in [-0.4, -0.2) is 21.1 Å². The van der Waals surface area contributed by atoms with Crippen molar-refractivity contribution >= 4 is 16.6 Å². The second-order valence-electron chi connectivity index (χ2n) is 4.97. The minimum absolute atomic E-state index is 0.0989. The van der Waals surface area contributed by atoms with Crippen molar-refractivity contribution in [1.82, 2.24) is 9.55 Å². The molecule has 7 heteroatoms. The summed E-state index contributed by atoms with van der Waals surface area (Å²) in [5, 5.41) is 11.2. The molecule has 0 saturated carbocycles. The molecule has 0 aliphatic carbocycles. The van der Waals surface area contributed by atoms with Gasteiger partial charge in [-0.05, 0) is 26.3 Å². The fourth-order valence-corrected chi connectivity index (χ4v) is 2.03. The van der Waals surface area contributed by atoms with Gasteiger partial charge in [-0.1, -0.05) is 6.92 Å². The minimum atomic E-state index is -0.512. The predicted octanol–water partition coefficient (Wildman–Crippen LogP) is 2.67. The molecule has 112 valence electrons. The highest BCUT2D eigenvalue weighted by Crippen LogP contribution is 2.21. The Morgan fingerprint density at radius 2 is 2.14 bits per heavy atom. The zero-order valence-electron chi connectivity index (χ0n) is 12.2. The van der Waals surface area contributed by atoms with E-state index in [4.69, 9.17) is 4.74 Å². The van der Waals surface area contributed by atoms with Gasteiger partial charge < -0.3 is 4.74 Å². The number of hydrogen-bond acceptors (Lipinski definition) is 5. The molecule has 1 heterocycles. The third-order valence-electron chi connectivity index (χ3n) is 3.02. The number of nitro benzene ring substituents is 1. The molecule has 0 amide bonds. The Morgan fingerprint density at radius 3 is 2.71 bits per heavy atom. The third-order valence-corrected chi connectivity index (χ3v) is 3.02. The monoisotopic (exact) mass is 291 g/mol. The van der Waals surface area contributed by atoms with Gasteiger partial charge in [0.25, 0.3) is 17.3 Å². The van der Waals surface area contributed by atoms with Gasteiger partial charge in [0.1, 0.15) is 0 Å². The van der Waals surface area contributed by atoms with Gasteiger partial charge in [0.05, 0.1) is 22.4 Å². The van der Waals surface area contributed by atoms with E-state index >= 15 is 0 Å². The van der Waals surface area contributed by atoms with E-state index in [-0.39, 0.29) is 28.8 Å². The molecule has 1 aromatic heterocycles. The molecule has 7 nitrogen and oxygen atoms in total. The summed E-state index contributed by atoms with van der Waals surface area (Å²) in [7, 11) is 0. The van der Waals surface area contributed by atoms with Crippen molar-refractivity contribution in [3.63, 3.8) is 0 Å². The van der Waals surface area contributed by atoms with E-state index in [0.29, 0.717) is 12.0 Å². The van der Waals surface area contributed by atoms with Crippen LogP contribution in [0.5, 0.6) is 6.01 Å². The molecule has 0 radical (unpaired) electrons. The molecule has 0 saturated heterocycles. The molecule has 21 heavy (non-hydrogen) atoms. The number of ether oxygens (including phenoxy) is 1. The van der Waals surface area contributed by atoms with Gasteiger partial charge in [0, 0.05) is 18.2 Å². The van der Waals surface area contributed by atoms with E-state index in [1.807, 2.05) is 20.8 Å². The number of nitrogens with zero attached hydrogens (tertiary/aromatic N) is 3. The molecule has 2 aromatic rings. The number of rotatable bonds is 5. The lowest BCUT2D eigenvalue weighted by Gasteiger charge is -2.16. The first-order chi connectivity index (χ1) is 9.95. The minimum Gasteiger partial charge on any atom is -0.465 e. The second-order valence-corrected chi connectivity index (χ2v) is 4.97. The van der Waals surface area contributed by atoms with Crippen molar-refractivity contribution < 1.29 is 9.66 Å². The molecular formula is C14H17N3O4. The van der Waals surface area contributed by atoms with Gasteiger partial charge in [-0.15, -0.1) is 0 Å². The van der Waals surface area contributed by atoms with Crippen molar-refractivity contribution in [3.8, 4) is 6.01 Å². The van der Waals surface area contributed by atoms with E-state index in [1.165, 1.54) is 22.8 Å². The number of benzene rings is 1. The quantitative estimate of drug-likeness (QED) is 0.624. The Bertz CT molecular complexity index is 737. The van der Waals surface area contributed by atoms with Crippen molar-refractivity contribution in [2.75, 3.05) is 6.61 Å². The summed E-state index contributed by atoms with van der Waals surface area (Å²) in [6, 6.07) is 4.12. The highest BCUT2D eigenvalue weighted by molar-refractivity contribution is 5.80. The molecule has 0 aliphatic heterocycles. The fraction of sp³-hybridized carbons (Fsp3) is 0.429. The van der Waals surface area contributed by atoms with E-state index < -0.39 is 4.92 Å². The number of aromatic nitrogens is 2. The molecule has 1 aromatic carbocycles. The van der Waals surface area contributed by atoms with Crippen LogP contribution in [0, 0.1) is 10.1 Å². The normalized spacial score (nSPS) is 11.0. The molecule has 0 bridgehead atoms. The number of hydrogen-bond donors (Lipinski definition) is 0. The lowest BCUT2D eigenvalue weighted by Crippen LogP contribution is -2.25. The van der Waals surface area contributed by atoms with Crippen molar-refractivity contribution in [2.24, 2.45) is 0 Å². The summed E-state index contributed by atoms with van der Waals surface area (Å²) in [5.74, 6) is 0. The van der Waals surface area contributed by atoms with Crippen LogP contribution in [0.25, 0.3) is 10.9 Å². The molecule has 0 N–H and O–H groups in total. The summed E-state index contributed by atoms with van der Waals surface area (Å²) in [4.78, 5) is 27.1. The van der Waals surface area contributed by atoms with Gasteiger partial charge in [-0.25, -0.2) is 0 Å². The standard InChI is InChI=1S/C14H17N3O4/c1-4-7-21-14-15-12-8-10(17(19)20)5-6-11(12)13(18)16(14)9(2)3/h5-6,8-9H,4,7H2,1-3H3. The number of non-ortho nitro benzene ring substituents is 1. The Labute approximate surface area is 121 Å². The van der Waals surface area contributed by atoms with Crippen LogP contribution in [0.3, 0.4) is 0 Å². The third kappa shape index (κ3) is 2.86. The Hall–Kier alpha value is -2.44. The summed E-state index contributed by atoms with van der Waals surface area (Å²) < 4.78 is 6.98. The predicted molar refractivity (Wildman–Crippen MR) is 78.8 cm³/mol. The summed E-state index contributed by atoms with van der Waals surface area (Å²) >= 11 is 0. The van der Waals surface area contributed by atoms with Crippen LogP contribution in [0.15, 0.2) is 23.0 Å². The molecular weight excluding hydrogens is 274 g/mol. The van der Waals surface area contributed by atoms with E-state index in [1.54, 1.807) is 0 Å². The first kappa shape index (κ1) is 15.0. The van der Waals surface area contributed by atoms with Gasteiger partial charge in [0.2, 0.25) is 0 Å². The maximum Gasteiger partial charge on any atom is 0.299 e. The SMILES string of the molecule is CCCOc1nc2cc([N+](=O)[O-])ccc2c(=O)n1C(C)C. The molecule has 0 fully saturated rings. The lowest BCUT2D eigenvalue weighted by atomic mass is 10.2. The van der Waals surface area contributed by atoms with Crippen LogP contribution in [-0.2, 0) is 0 Å². The number of fused-ring (bicyclic) bond motifs is 1. The maximum absolute atomic E-state index is 12.5. The zero-order chi connectivity index (χ0) is 15.6. The van der Waals surface area contributed by atoms with Crippen molar-refractivity contribution in [3.05, 3.63) is 38.7 Å². The van der Waals surface area contributed by atoms with Crippen LogP contribution in [0.1, 0.15) is 33.2 Å². The zero-order valence-corrected chi connectivity index (χ0v) is 12.2. The van der Waals surface area contributed by atoms with Crippen LogP contribution in [0.4, 0.5) is 5.69 Å². The van der Waals surface area contributed by atoms with E-state index in [9.17, 15) is 14.9 Å². The molecule has 0 atom stereocenters. The average Bonchev–Trinajstić information content (AvgIpc) is 2.43. The topological polar surface area (TPSA) is 87.3 Å². The number of nitro groups is 1. The smallest absolute Gasteiger partial charge is 0.299 e. The molecule has 0 unspecified atom stereocenters. The first-order valence-corrected chi connectivity index (χ1v) is 6.79. The summed E-state index contributed by atoms with van der Waals surface area (Å²) in [5.41, 5.74) is -0.0775. The first-order valence-electron chi connectivity index (χ1n) is 6.79. The van der Waals surface area contributed by atoms with E-state index in [0.717, 1.165) is 6.42 Å². The van der Waals surface area contributed by atoms with E-state index in [2.05, 4.69) is 4.98 Å². The summed E-state index contributed by atoms with van der Waals surface area (Å²) in [6.45, 7) is 6.10. The van der Waals surface area contributed by atoms with Gasteiger partial charge in [-0.3, -0.25) is 19.5 Å². The molecule has 0 aliphatic rings.